The van der Waals surface area contributed by atoms with Gasteiger partial charge in [-0.1, -0.05) is 25.8 Å². The summed E-state index contributed by atoms with van der Waals surface area (Å²) in [5.41, 5.74) is 14.0. The van der Waals surface area contributed by atoms with Gasteiger partial charge in [-0.3, -0.25) is 0 Å². The minimum absolute atomic E-state index is 0.581. The van der Waals surface area contributed by atoms with Crippen molar-refractivity contribution < 1.29 is 0 Å². The highest BCUT2D eigenvalue weighted by Crippen LogP contribution is 2.26. The van der Waals surface area contributed by atoms with Gasteiger partial charge >= 0.3 is 0 Å². The molecule has 0 amide bonds. The van der Waals surface area contributed by atoms with Crippen LogP contribution in [-0.4, -0.2) is 17.9 Å². The lowest BCUT2D eigenvalue weighted by Gasteiger charge is -2.01. The number of unbranched alkanes of at least 4 members (excludes halogenated alkanes) is 2. The van der Waals surface area contributed by atoms with Gasteiger partial charge in [0.1, 0.15) is 5.84 Å². The SMILES string of the molecule is CCCCCc1c[nH]c2ccc(N=C(N)c3cccs3)cc12.CN. The van der Waals surface area contributed by atoms with Gasteiger partial charge in [0.15, 0.2) is 0 Å². The van der Waals surface area contributed by atoms with Crippen LogP contribution in [0.25, 0.3) is 10.9 Å². The van der Waals surface area contributed by atoms with Gasteiger partial charge in [-0.05, 0) is 55.1 Å². The second kappa shape index (κ2) is 9.25. The minimum atomic E-state index is 0.581. The maximum absolute atomic E-state index is 6.08. The topological polar surface area (TPSA) is 80.2 Å². The Morgan fingerprint density at radius 3 is 2.75 bits per heavy atom. The number of nitrogens with one attached hydrogen (secondary N) is 1. The van der Waals surface area contributed by atoms with Crippen molar-refractivity contribution in [2.24, 2.45) is 16.5 Å². The molecule has 1 aromatic carbocycles. The molecule has 24 heavy (non-hydrogen) atoms. The van der Waals surface area contributed by atoms with Crippen molar-refractivity contribution in [1.29, 1.82) is 0 Å². The van der Waals surface area contributed by atoms with Crippen molar-refractivity contribution in [2.75, 3.05) is 7.05 Å². The number of rotatable bonds is 6. The first-order valence-corrected chi connectivity index (χ1v) is 9.21. The van der Waals surface area contributed by atoms with Crippen LogP contribution in [0.5, 0.6) is 0 Å². The molecule has 0 saturated carbocycles. The van der Waals surface area contributed by atoms with Gasteiger partial charge in [0, 0.05) is 17.1 Å². The lowest BCUT2D eigenvalue weighted by Crippen LogP contribution is -2.10. The summed E-state index contributed by atoms with van der Waals surface area (Å²) in [4.78, 5) is 8.92. The van der Waals surface area contributed by atoms with Crippen LogP contribution in [0.15, 0.2) is 46.9 Å². The van der Waals surface area contributed by atoms with E-state index in [-0.39, 0.29) is 0 Å². The fourth-order valence-electron chi connectivity index (χ4n) is 2.63. The van der Waals surface area contributed by atoms with E-state index in [0.29, 0.717) is 5.84 Å². The molecule has 0 aliphatic heterocycles. The molecule has 0 fully saturated rings. The second-order valence-corrected chi connectivity index (χ2v) is 6.42. The highest BCUT2D eigenvalue weighted by molar-refractivity contribution is 7.12. The Morgan fingerprint density at radius 2 is 2.04 bits per heavy atom. The predicted octanol–water partition coefficient (Wildman–Crippen LogP) is 4.57. The third kappa shape index (κ3) is 4.46. The molecule has 0 atom stereocenters. The van der Waals surface area contributed by atoms with E-state index in [1.807, 2.05) is 23.6 Å². The quantitative estimate of drug-likeness (QED) is 0.348. The molecular weight excluding hydrogens is 316 g/mol. The molecule has 5 N–H and O–H groups in total. The van der Waals surface area contributed by atoms with Gasteiger partial charge in [0.2, 0.25) is 0 Å². The predicted molar refractivity (Wildman–Crippen MR) is 106 cm³/mol. The van der Waals surface area contributed by atoms with E-state index < -0.39 is 0 Å². The largest absolute Gasteiger partial charge is 0.383 e. The number of hydrogen-bond donors (Lipinski definition) is 3. The molecule has 3 aromatic rings. The molecule has 4 nitrogen and oxygen atoms in total. The molecule has 0 unspecified atom stereocenters. The monoisotopic (exact) mass is 342 g/mol. The first-order valence-electron chi connectivity index (χ1n) is 8.33. The molecular formula is C19H26N4S. The van der Waals surface area contributed by atoms with Gasteiger partial charge in [-0.2, -0.15) is 0 Å². The number of amidine groups is 1. The summed E-state index contributed by atoms with van der Waals surface area (Å²) in [5.74, 6) is 0.581. The van der Waals surface area contributed by atoms with Gasteiger partial charge < -0.3 is 16.5 Å². The molecule has 3 rings (SSSR count). The van der Waals surface area contributed by atoms with Crippen LogP contribution >= 0.6 is 11.3 Å². The van der Waals surface area contributed by atoms with E-state index in [2.05, 4.69) is 41.0 Å². The molecule has 0 bridgehead atoms. The van der Waals surface area contributed by atoms with Gasteiger partial charge in [-0.25, -0.2) is 4.99 Å². The fourth-order valence-corrected chi connectivity index (χ4v) is 3.25. The van der Waals surface area contributed by atoms with Crippen LogP contribution in [0, 0.1) is 0 Å². The molecule has 2 aromatic heterocycles. The fraction of sp³-hybridized carbons (Fsp3) is 0.316. The van der Waals surface area contributed by atoms with E-state index >= 15 is 0 Å². The van der Waals surface area contributed by atoms with Gasteiger partial charge in [0.05, 0.1) is 10.6 Å². The number of nitrogens with two attached hydrogens (primary N) is 2. The van der Waals surface area contributed by atoms with Crippen LogP contribution in [-0.2, 0) is 6.42 Å². The molecule has 2 heterocycles. The van der Waals surface area contributed by atoms with Crippen molar-refractivity contribution in [1.82, 2.24) is 4.98 Å². The number of hydrogen-bond acceptors (Lipinski definition) is 3. The van der Waals surface area contributed by atoms with Crippen molar-refractivity contribution in [2.45, 2.75) is 32.6 Å². The number of aromatic nitrogens is 1. The van der Waals surface area contributed by atoms with E-state index in [9.17, 15) is 0 Å². The Kier molecular flexibility index (Phi) is 7.03. The third-order valence-corrected chi connectivity index (χ3v) is 4.72. The van der Waals surface area contributed by atoms with E-state index in [0.717, 1.165) is 17.0 Å². The molecule has 0 aliphatic rings. The summed E-state index contributed by atoms with van der Waals surface area (Å²) < 4.78 is 0. The molecule has 5 heteroatoms. The summed E-state index contributed by atoms with van der Waals surface area (Å²) in [5, 5.41) is 3.27. The summed E-state index contributed by atoms with van der Waals surface area (Å²) in [6.45, 7) is 2.23. The first kappa shape index (κ1) is 18.2. The van der Waals surface area contributed by atoms with Crippen LogP contribution in [0.1, 0.15) is 36.6 Å². The summed E-state index contributed by atoms with van der Waals surface area (Å²) >= 11 is 1.61. The average molecular weight is 343 g/mol. The van der Waals surface area contributed by atoms with Crippen molar-refractivity contribution >= 4 is 33.8 Å². The number of thiophene rings is 1. The summed E-state index contributed by atoms with van der Waals surface area (Å²) in [7, 11) is 1.50. The number of nitrogens with zero attached hydrogens (tertiary/aromatic N) is 1. The van der Waals surface area contributed by atoms with Crippen molar-refractivity contribution in [3.63, 3.8) is 0 Å². The molecule has 0 saturated heterocycles. The molecule has 0 radical (unpaired) electrons. The number of benzene rings is 1. The van der Waals surface area contributed by atoms with Gasteiger partial charge in [-0.15, -0.1) is 11.3 Å². The van der Waals surface area contributed by atoms with Crippen molar-refractivity contribution in [3.8, 4) is 0 Å². The average Bonchev–Trinajstić information content (AvgIpc) is 3.27. The van der Waals surface area contributed by atoms with E-state index in [4.69, 9.17) is 5.73 Å². The third-order valence-electron chi connectivity index (χ3n) is 3.82. The van der Waals surface area contributed by atoms with E-state index in [1.54, 1.807) is 11.3 Å². The lowest BCUT2D eigenvalue weighted by molar-refractivity contribution is 0.719. The van der Waals surface area contributed by atoms with E-state index in [1.165, 1.54) is 42.8 Å². The number of aromatic amines is 1. The Hall–Kier alpha value is -2.11. The molecule has 0 spiro atoms. The smallest absolute Gasteiger partial charge is 0.141 e. The molecule has 128 valence electrons. The zero-order valence-corrected chi connectivity index (χ0v) is 15.2. The Balaban J connectivity index is 0.00000100. The Morgan fingerprint density at radius 1 is 1.21 bits per heavy atom. The summed E-state index contributed by atoms with van der Waals surface area (Å²) in [6.07, 6.45) is 6.98. The number of aryl methyl sites for hydroxylation is 1. The van der Waals surface area contributed by atoms with Crippen LogP contribution < -0.4 is 11.5 Å². The normalized spacial score (nSPS) is 11.4. The maximum Gasteiger partial charge on any atom is 0.141 e. The lowest BCUT2D eigenvalue weighted by atomic mass is 10.1. The van der Waals surface area contributed by atoms with Crippen LogP contribution in [0.4, 0.5) is 5.69 Å². The number of H-pyrrole nitrogens is 1. The number of fused-ring (bicyclic) bond motifs is 1. The van der Waals surface area contributed by atoms with Crippen LogP contribution in [0.2, 0.25) is 0 Å². The Bertz CT molecular complexity index is 772. The van der Waals surface area contributed by atoms with Crippen LogP contribution in [0.3, 0.4) is 0 Å². The van der Waals surface area contributed by atoms with Gasteiger partial charge in [0.25, 0.3) is 0 Å². The second-order valence-electron chi connectivity index (χ2n) is 5.48. The Labute approximate surface area is 147 Å². The number of aliphatic imine (C=N–C) groups is 1. The highest BCUT2D eigenvalue weighted by atomic mass is 32.1. The zero-order chi connectivity index (χ0) is 17.4. The standard InChI is InChI=1S/C18H21N3S.CH5N/c1-2-3-4-6-13-12-20-16-9-8-14(11-15(13)16)21-18(19)17-7-5-10-22-17;1-2/h5,7-12,20H,2-4,6H2,1H3,(H2,19,21);2H2,1H3. The zero-order valence-electron chi connectivity index (χ0n) is 14.4. The van der Waals surface area contributed by atoms with Crippen molar-refractivity contribution in [3.05, 3.63) is 52.3 Å². The minimum Gasteiger partial charge on any atom is -0.383 e. The highest BCUT2D eigenvalue weighted by Gasteiger charge is 2.05. The summed E-state index contributed by atoms with van der Waals surface area (Å²) in [6, 6.07) is 10.2. The first-order chi connectivity index (χ1) is 11.8. The molecule has 0 aliphatic carbocycles. The maximum atomic E-state index is 6.08.